The number of benzene rings is 1. The molecule has 0 aliphatic carbocycles. The van der Waals surface area contributed by atoms with Crippen LogP contribution in [0.25, 0.3) is 0 Å². The van der Waals surface area contributed by atoms with Gasteiger partial charge in [-0.3, -0.25) is 0 Å². The minimum atomic E-state index is -0.561. The maximum Gasteiger partial charge on any atom is 0.149 e. The minimum absolute atomic E-state index is 0.257. The van der Waals surface area contributed by atoms with Gasteiger partial charge in [-0.2, -0.15) is 0 Å². The van der Waals surface area contributed by atoms with Gasteiger partial charge in [0.25, 0.3) is 0 Å². The molecule has 1 aliphatic rings. The van der Waals surface area contributed by atoms with Gasteiger partial charge in [0.2, 0.25) is 0 Å². The average Bonchev–Trinajstić information content (AvgIpc) is 2.95. The lowest BCUT2D eigenvalue weighted by Crippen LogP contribution is -2.56. The van der Waals surface area contributed by atoms with E-state index < -0.39 is 5.54 Å². The average molecular weight is 555 g/mol. The van der Waals surface area contributed by atoms with Crippen LogP contribution in [0.3, 0.4) is 0 Å². The first-order valence-corrected chi connectivity index (χ1v) is 14.2. The van der Waals surface area contributed by atoms with Gasteiger partial charge in [0.15, 0.2) is 0 Å². The molecule has 1 heterocycles. The third-order valence-corrected chi connectivity index (χ3v) is 7.36. The number of hydrogen-bond acceptors (Lipinski definition) is 6. The fourth-order valence-corrected chi connectivity index (χ4v) is 4.76. The van der Waals surface area contributed by atoms with E-state index in [-0.39, 0.29) is 6.67 Å². The van der Waals surface area contributed by atoms with Gasteiger partial charge in [-0.25, -0.2) is 4.99 Å². The Balaban J connectivity index is 2.22. The number of nitrogens with one attached hydrogen (secondary N) is 2. The second kappa shape index (κ2) is 15.7. The number of nitrogens with two attached hydrogens (primary N) is 2. The standard InChI is InChI=1S/C35H50N6/c1-10-15-29(11-2)16-13-14-19-38-27(7)33-22-35(9,41(24-36)34(40-33)32(37)12-3)28(8)39-23-30-17-18-31(20-25(4)5)26(6)21-30/h10-11,13,15-18,21,38-39H,1-2,4,7-8,12,14,19-20,22-24,36-37H2,3,5-6,9H3/b16-13-,29-15-,34-32-. The highest BCUT2D eigenvalue weighted by Crippen LogP contribution is 2.36. The summed E-state index contributed by atoms with van der Waals surface area (Å²) >= 11 is 0. The second-order valence-electron chi connectivity index (χ2n) is 10.8. The molecule has 0 saturated carbocycles. The van der Waals surface area contributed by atoms with Crippen LogP contribution in [0.4, 0.5) is 0 Å². The molecular weight excluding hydrogens is 504 g/mol. The van der Waals surface area contributed by atoms with E-state index in [0.717, 1.165) is 41.1 Å². The van der Waals surface area contributed by atoms with Crippen molar-refractivity contribution in [3.8, 4) is 0 Å². The van der Waals surface area contributed by atoms with Crippen molar-refractivity contribution >= 4 is 5.71 Å². The zero-order valence-electron chi connectivity index (χ0n) is 25.7. The quantitative estimate of drug-likeness (QED) is 0.107. The summed E-state index contributed by atoms with van der Waals surface area (Å²) in [4.78, 5) is 6.98. The molecule has 6 N–H and O–H groups in total. The highest BCUT2D eigenvalue weighted by atomic mass is 15.3. The smallest absolute Gasteiger partial charge is 0.149 e. The van der Waals surface area contributed by atoms with E-state index >= 15 is 0 Å². The third kappa shape index (κ3) is 8.98. The van der Waals surface area contributed by atoms with Gasteiger partial charge in [0, 0.05) is 30.9 Å². The zero-order valence-corrected chi connectivity index (χ0v) is 25.7. The molecule has 6 heteroatoms. The number of rotatable bonds is 16. The first-order valence-electron chi connectivity index (χ1n) is 14.2. The minimum Gasteiger partial charge on any atom is -0.399 e. The summed E-state index contributed by atoms with van der Waals surface area (Å²) in [5, 5.41) is 7.01. The summed E-state index contributed by atoms with van der Waals surface area (Å²) in [5.74, 6) is 0.676. The fraction of sp³-hybridized carbons (Fsp3) is 0.343. The fourth-order valence-electron chi connectivity index (χ4n) is 4.76. The molecule has 1 unspecified atom stereocenters. The molecule has 1 aromatic carbocycles. The number of hydrogen-bond donors (Lipinski definition) is 4. The normalized spacial score (nSPS) is 18.5. The number of allylic oxidation sites excluding steroid dienone is 8. The van der Waals surface area contributed by atoms with Gasteiger partial charge in [0.05, 0.1) is 23.6 Å². The molecule has 0 bridgehead atoms. The Morgan fingerprint density at radius 3 is 2.51 bits per heavy atom. The predicted molar refractivity (Wildman–Crippen MR) is 178 cm³/mol. The van der Waals surface area contributed by atoms with Crippen molar-refractivity contribution in [3.05, 3.63) is 132 Å². The number of aliphatic imine (C=N–C) groups is 1. The van der Waals surface area contributed by atoms with E-state index in [4.69, 9.17) is 16.5 Å². The Labute approximate surface area is 248 Å². The van der Waals surface area contributed by atoms with Gasteiger partial charge in [-0.1, -0.05) is 94.0 Å². The molecule has 1 aromatic rings. The Hall–Kier alpha value is -4.03. The number of aryl methyl sites for hydroxylation is 1. The van der Waals surface area contributed by atoms with Gasteiger partial charge in [-0.15, -0.1) is 0 Å². The molecule has 0 aromatic heterocycles. The van der Waals surface area contributed by atoms with Crippen molar-refractivity contribution in [1.82, 2.24) is 15.5 Å². The van der Waals surface area contributed by atoms with Gasteiger partial charge < -0.3 is 27.0 Å². The molecule has 6 nitrogen and oxygen atoms in total. The first-order chi connectivity index (χ1) is 19.5. The maximum atomic E-state index is 6.47. The lowest BCUT2D eigenvalue weighted by molar-refractivity contribution is 0.172. The number of nitrogens with zero attached hydrogens (tertiary/aromatic N) is 2. The van der Waals surface area contributed by atoms with E-state index in [2.05, 4.69) is 88.6 Å². The van der Waals surface area contributed by atoms with Crippen LogP contribution in [0.5, 0.6) is 0 Å². The Morgan fingerprint density at radius 1 is 1.20 bits per heavy atom. The molecule has 0 saturated heterocycles. The molecule has 220 valence electrons. The van der Waals surface area contributed by atoms with Crippen molar-refractivity contribution in [1.29, 1.82) is 0 Å². The van der Waals surface area contributed by atoms with Gasteiger partial charge >= 0.3 is 0 Å². The van der Waals surface area contributed by atoms with E-state index in [1.807, 2.05) is 24.0 Å². The Bertz CT molecular complexity index is 1280. The lowest BCUT2D eigenvalue weighted by atomic mass is 9.86. The van der Waals surface area contributed by atoms with Crippen LogP contribution in [0.1, 0.15) is 56.7 Å². The van der Waals surface area contributed by atoms with Crippen molar-refractivity contribution in [3.63, 3.8) is 0 Å². The van der Waals surface area contributed by atoms with Crippen LogP contribution in [-0.4, -0.2) is 29.4 Å². The monoisotopic (exact) mass is 554 g/mol. The SMILES string of the molecule is C=C/C=C(C=C)\C=C/CCNC(=C)C1=N/C(=C(/N)CC)N(CN)C(C)(C(=C)NCc2ccc(CC(=C)C)c(C)c2)C1. The van der Waals surface area contributed by atoms with Crippen molar-refractivity contribution in [2.45, 2.75) is 65.5 Å². The predicted octanol–water partition coefficient (Wildman–Crippen LogP) is 6.42. The van der Waals surface area contributed by atoms with Crippen molar-refractivity contribution < 1.29 is 0 Å². The molecule has 0 amide bonds. The van der Waals surface area contributed by atoms with Crippen LogP contribution in [0, 0.1) is 6.92 Å². The van der Waals surface area contributed by atoms with E-state index in [0.29, 0.717) is 37.4 Å². The summed E-state index contributed by atoms with van der Waals surface area (Å²) < 4.78 is 0. The molecule has 1 atom stereocenters. The molecule has 2 rings (SSSR count). The Morgan fingerprint density at radius 2 is 1.93 bits per heavy atom. The van der Waals surface area contributed by atoms with Crippen LogP contribution < -0.4 is 22.1 Å². The van der Waals surface area contributed by atoms with Crippen molar-refractivity contribution in [2.24, 2.45) is 16.5 Å². The summed E-state index contributed by atoms with van der Waals surface area (Å²) in [7, 11) is 0. The van der Waals surface area contributed by atoms with E-state index in [1.165, 1.54) is 16.7 Å². The molecule has 0 radical (unpaired) electrons. The van der Waals surface area contributed by atoms with Gasteiger partial charge in [0.1, 0.15) is 5.82 Å². The summed E-state index contributed by atoms with van der Waals surface area (Å²) in [6.45, 7) is 30.4. The second-order valence-corrected chi connectivity index (χ2v) is 10.8. The first kappa shape index (κ1) is 33.2. The molecular formula is C35H50N6. The lowest BCUT2D eigenvalue weighted by Gasteiger charge is -2.47. The van der Waals surface area contributed by atoms with Crippen LogP contribution in [-0.2, 0) is 13.0 Å². The highest BCUT2D eigenvalue weighted by molar-refractivity contribution is 6.01. The van der Waals surface area contributed by atoms with Gasteiger partial charge in [-0.05, 0) is 62.3 Å². The summed E-state index contributed by atoms with van der Waals surface area (Å²) in [6, 6.07) is 6.57. The molecule has 0 spiro atoms. The largest absolute Gasteiger partial charge is 0.399 e. The highest BCUT2D eigenvalue weighted by Gasteiger charge is 2.41. The van der Waals surface area contributed by atoms with Crippen LogP contribution >= 0.6 is 0 Å². The molecule has 41 heavy (non-hydrogen) atoms. The van der Waals surface area contributed by atoms with Crippen LogP contribution in [0.15, 0.2) is 121 Å². The van der Waals surface area contributed by atoms with E-state index in [9.17, 15) is 0 Å². The topological polar surface area (TPSA) is 91.7 Å². The molecule has 0 fully saturated rings. The van der Waals surface area contributed by atoms with E-state index in [1.54, 1.807) is 12.2 Å². The zero-order chi connectivity index (χ0) is 30.6. The van der Waals surface area contributed by atoms with Crippen LogP contribution in [0.2, 0.25) is 0 Å². The molecule has 1 aliphatic heterocycles. The Kier molecular flexibility index (Phi) is 12.7. The van der Waals surface area contributed by atoms with Crippen molar-refractivity contribution in [2.75, 3.05) is 13.2 Å². The summed E-state index contributed by atoms with van der Waals surface area (Å²) in [6.07, 6.45) is 12.5. The summed E-state index contributed by atoms with van der Waals surface area (Å²) in [5.41, 5.74) is 21.3. The third-order valence-electron chi connectivity index (χ3n) is 7.36. The maximum absolute atomic E-state index is 6.47.